The Morgan fingerprint density at radius 2 is 2.00 bits per heavy atom. The van der Waals surface area contributed by atoms with Crippen LogP contribution in [0.15, 0.2) is 30.3 Å². The van der Waals surface area contributed by atoms with Crippen LogP contribution in [0, 0.1) is 5.41 Å². The van der Waals surface area contributed by atoms with Crippen molar-refractivity contribution in [1.29, 1.82) is 5.41 Å². The van der Waals surface area contributed by atoms with Crippen LogP contribution in [0.25, 0.3) is 0 Å². The molecule has 0 amide bonds. The summed E-state index contributed by atoms with van der Waals surface area (Å²) in [6.45, 7) is 5.67. The first-order valence-electron chi connectivity index (χ1n) is 6.45. The van der Waals surface area contributed by atoms with E-state index in [9.17, 15) is 0 Å². The van der Waals surface area contributed by atoms with Crippen LogP contribution < -0.4 is 10.5 Å². The molecule has 0 aliphatic rings. The van der Waals surface area contributed by atoms with Crippen molar-refractivity contribution in [2.45, 2.75) is 19.8 Å². The van der Waals surface area contributed by atoms with Crippen LogP contribution in [0.4, 0.5) is 0 Å². The second kappa shape index (κ2) is 8.53. The van der Waals surface area contributed by atoms with Gasteiger partial charge in [0.05, 0.1) is 12.4 Å². The third-order valence-corrected chi connectivity index (χ3v) is 2.78. The molecule has 0 atom stereocenters. The first-order chi connectivity index (χ1) is 8.72. The van der Waals surface area contributed by atoms with E-state index in [1.165, 1.54) is 0 Å². The minimum atomic E-state index is 0.258. The second-order valence-electron chi connectivity index (χ2n) is 4.22. The van der Waals surface area contributed by atoms with Crippen LogP contribution in [-0.4, -0.2) is 37.0 Å². The molecule has 100 valence electrons. The molecule has 0 saturated carbocycles. The number of hydrogen-bond donors (Lipinski definition) is 2. The van der Waals surface area contributed by atoms with Crippen molar-refractivity contribution in [1.82, 2.24) is 4.90 Å². The van der Waals surface area contributed by atoms with Gasteiger partial charge in [0.1, 0.15) is 5.75 Å². The summed E-state index contributed by atoms with van der Waals surface area (Å²) in [5.41, 5.74) is 5.36. The van der Waals surface area contributed by atoms with Crippen molar-refractivity contribution in [2.75, 3.05) is 26.2 Å². The number of ether oxygens (including phenoxy) is 1. The molecular weight excluding hydrogens is 226 g/mol. The lowest BCUT2D eigenvalue weighted by molar-refractivity contribution is 0.245. The van der Waals surface area contributed by atoms with E-state index in [-0.39, 0.29) is 5.84 Å². The van der Waals surface area contributed by atoms with Gasteiger partial charge in [-0.3, -0.25) is 5.41 Å². The largest absolute Gasteiger partial charge is 0.494 e. The third-order valence-electron chi connectivity index (χ3n) is 2.78. The number of benzene rings is 1. The van der Waals surface area contributed by atoms with Gasteiger partial charge in [-0.15, -0.1) is 0 Å². The van der Waals surface area contributed by atoms with Gasteiger partial charge in [0.2, 0.25) is 0 Å². The number of nitrogens with zero attached hydrogens (tertiary/aromatic N) is 1. The molecule has 0 heterocycles. The maximum atomic E-state index is 7.21. The summed E-state index contributed by atoms with van der Waals surface area (Å²) in [7, 11) is 0. The van der Waals surface area contributed by atoms with Crippen LogP contribution in [-0.2, 0) is 0 Å². The number of rotatable bonds is 9. The summed E-state index contributed by atoms with van der Waals surface area (Å²) in [5, 5.41) is 7.21. The Morgan fingerprint density at radius 1 is 1.28 bits per heavy atom. The number of amidine groups is 1. The van der Waals surface area contributed by atoms with E-state index in [0.29, 0.717) is 6.42 Å². The van der Waals surface area contributed by atoms with Crippen molar-refractivity contribution in [3.8, 4) is 5.75 Å². The fourth-order valence-electron chi connectivity index (χ4n) is 1.70. The SMILES string of the molecule is CCN(CCCOc1ccccc1)CCC(=N)N. The number of nitrogens with two attached hydrogens (primary N) is 1. The average molecular weight is 249 g/mol. The minimum absolute atomic E-state index is 0.258. The summed E-state index contributed by atoms with van der Waals surface area (Å²) in [5.74, 6) is 1.18. The molecule has 0 aliphatic carbocycles. The highest BCUT2D eigenvalue weighted by Gasteiger charge is 2.02. The van der Waals surface area contributed by atoms with Crippen LogP contribution >= 0.6 is 0 Å². The van der Waals surface area contributed by atoms with Crippen LogP contribution in [0.1, 0.15) is 19.8 Å². The Kier molecular flexibility index (Phi) is 6.87. The molecule has 0 aliphatic heterocycles. The van der Waals surface area contributed by atoms with Gasteiger partial charge in [-0.1, -0.05) is 25.1 Å². The molecule has 0 bridgehead atoms. The van der Waals surface area contributed by atoms with Gasteiger partial charge < -0.3 is 15.4 Å². The molecule has 0 unspecified atom stereocenters. The molecule has 1 aromatic carbocycles. The predicted molar refractivity (Wildman–Crippen MR) is 75.2 cm³/mol. The van der Waals surface area contributed by atoms with E-state index in [2.05, 4.69) is 11.8 Å². The van der Waals surface area contributed by atoms with E-state index < -0.39 is 0 Å². The summed E-state index contributed by atoms with van der Waals surface area (Å²) in [6.07, 6.45) is 1.63. The van der Waals surface area contributed by atoms with Crippen molar-refractivity contribution in [3.05, 3.63) is 30.3 Å². The van der Waals surface area contributed by atoms with Crippen LogP contribution in [0.3, 0.4) is 0 Å². The van der Waals surface area contributed by atoms with Crippen LogP contribution in [0.2, 0.25) is 0 Å². The fourth-order valence-corrected chi connectivity index (χ4v) is 1.70. The molecule has 0 aromatic heterocycles. The predicted octanol–water partition coefficient (Wildman–Crippen LogP) is 2.10. The molecule has 18 heavy (non-hydrogen) atoms. The Balaban J connectivity index is 2.13. The molecule has 0 radical (unpaired) electrons. The zero-order chi connectivity index (χ0) is 13.2. The maximum Gasteiger partial charge on any atom is 0.119 e. The smallest absolute Gasteiger partial charge is 0.119 e. The van der Waals surface area contributed by atoms with Gasteiger partial charge in [0.15, 0.2) is 0 Å². The van der Waals surface area contributed by atoms with Gasteiger partial charge in [-0.05, 0) is 25.1 Å². The highest BCUT2D eigenvalue weighted by molar-refractivity contribution is 5.76. The highest BCUT2D eigenvalue weighted by atomic mass is 16.5. The maximum absolute atomic E-state index is 7.21. The molecule has 0 fully saturated rings. The van der Waals surface area contributed by atoms with Crippen LogP contribution in [0.5, 0.6) is 5.75 Å². The lowest BCUT2D eigenvalue weighted by atomic mass is 10.3. The summed E-state index contributed by atoms with van der Waals surface area (Å²) < 4.78 is 5.63. The first kappa shape index (κ1) is 14.5. The molecule has 0 saturated heterocycles. The van der Waals surface area contributed by atoms with Crippen molar-refractivity contribution in [3.63, 3.8) is 0 Å². The van der Waals surface area contributed by atoms with Crippen molar-refractivity contribution >= 4 is 5.84 Å². The number of hydrogen-bond acceptors (Lipinski definition) is 3. The monoisotopic (exact) mass is 249 g/mol. The van der Waals surface area contributed by atoms with Crippen molar-refractivity contribution < 1.29 is 4.74 Å². The average Bonchev–Trinajstić information content (AvgIpc) is 2.39. The van der Waals surface area contributed by atoms with E-state index in [0.717, 1.165) is 38.4 Å². The second-order valence-corrected chi connectivity index (χ2v) is 4.22. The van der Waals surface area contributed by atoms with E-state index in [1.807, 2.05) is 30.3 Å². The van der Waals surface area contributed by atoms with Gasteiger partial charge in [0.25, 0.3) is 0 Å². The quantitative estimate of drug-likeness (QED) is 0.400. The molecule has 1 rings (SSSR count). The Hall–Kier alpha value is -1.55. The zero-order valence-electron chi connectivity index (χ0n) is 11.1. The number of para-hydroxylation sites is 1. The molecular formula is C14H23N3O. The molecule has 4 heteroatoms. The molecule has 4 nitrogen and oxygen atoms in total. The van der Waals surface area contributed by atoms with E-state index >= 15 is 0 Å². The van der Waals surface area contributed by atoms with Gasteiger partial charge in [-0.25, -0.2) is 0 Å². The minimum Gasteiger partial charge on any atom is -0.494 e. The Bertz CT molecular complexity index is 340. The first-order valence-corrected chi connectivity index (χ1v) is 6.45. The topological polar surface area (TPSA) is 62.3 Å². The summed E-state index contributed by atoms with van der Waals surface area (Å²) in [4.78, 5) is 2.29. The van der Waals surface area contributed by atoms with Gasteiger partial charge in [0, 0.05) is 19.5 Å². The Morgan fingerprint density at radius 3 is 2.61 bits per heavy atom. The summed E-state index contributed by atoms with van der Waals surface area (Å²) in [6, 6.07) is 9.86. The fraction of sp³-hybridized carbons (Fsp3) is 0.500. The molecule has 1 aromatic rings. The normalized spacial score (nSPS) is 10.6. The van der Waals surface area contributed by atoms with E-state index in [4.69, 9.17) is 15.9 Å². The number of nitrogens with one attached hydrogen (secondary N) is 1. The molecule has 3 N–H and O–H groups in total. The molecule has 0 spiro atoms. The third kappa shape index (κ3) is 6.25. The Labute approximate surface area is 109 Å². The summed E-state index contributed by atoms with van der Waals surface area (Å²) >= 11 is 0. The van der Waals surface area contributed by atoms with Gasteiger partial charge in [-0.2, -0.15) is 0 Å². The lowest BCUT2D eigenvalue weighted by Gasteiger charge is -2.19. The highest BCUT2D eigenvalue weighted by Crippen LogP contribution is 2.08. The zero-order valence-corrected chi connectivity index (χ0v) is 11.1. The standard InChI is InChI=1S/C14H23N3O/c1-2-17(11-9-14(15)16)10-6-12-18-13-7-4-3-5-8-13/h3-5,7-8H,2,6,9-12H2,1H3,(H3,15,16). The van der Waals surface area contributed by atoms with Gasteiger partial charge >= 0.3 is 0 Å². The van der Waals surface area contributed by atoms with E-state index in [1.54, 1.807) is 0 Å². The lowest BCUT2D eigenvalue weighted by Crippen LogP contribution is -2.29. The van der Waals surface area contributed by atoms with Crippen molar-refractivity contribution in [2.24, 2.45) is 5.73 Å².